The first-order valence-electron chi connectivity index (χ1n) is 6.12. The molecule has 0 saturated heterocycles. The lowest BCUT2D eigenvalue weighted by Gasteiger charge is -2.18. The van der Waals surface area contributed by atoms with Crippen LogP contribution in [0.3, 0.4) is 0 Å². The molecule has 1 heterocycles. The van der Waals surface area contributed by atoms with Gasteiger partial charge < -0.3 is 9.67 Å². The molecule has 1 aromatic heterocycles. The highest BCUT2D eigenvalue weighted by atomic mass is 16.3. The van der Waals surface area contributed by atoms with Crippen molar-refractivity contribution < 1.29 is 5.11 Å². The number of aryl methyl sites for hydroxylation is 1. The number of aromatic nitrogens is 2. The van der Waals surface area contributed by atoms with Crippen LogP contribution in [0, 0.1) is 16.7 Å². The van der Waals surface area contributed by atoms with Gasteiger partial charge in [0.2, 0.25) is 0 Å². The number of rotatable bonds is 1. The molecule has 0 amide bonds. The molecule has 0 unspecified atom stereocenters. The molecule has 19 heavy (non-hydrogen) atoms. The molecule has 0 bridgehead atoms. The van der Waals surface area contributed by atoms with Gasteiger partial charge in [0.15, 0.2) is 5.82 Å². The third-order valence-electron chi connectivity index (χ3n) is 3.07. The molecule has 1 aromatic carbocycles. The summed E-state index contributed by atoms with van der Waals surface area (Å²) in [5, 5.41) is 19.6. The van der Waals surface area contributed by atoms with E-state index in [-0.39, 0.29) is 11.3 Å². The number of para-hydroxylation sites is 2. The van der Waals surface area contributed by atoms with Crippen LogP contribution in [0.5, 0.6) is 0 Å². The second-order valence-corrected chi connectivity index (χ2v) is 5.57. The Kier molecular flexibility index (Phi) is 3.07. The first-order chi connectivity index (χ1) is 8.86. The molecule has 4 nitrogen and oxygen atoms in total. The number of benzene rings is 1. The van der Waals surface area contributed by atoms with E-state index in [1.54, 1.807) is 0 Å². The summed E-state index contributed by atoms with van der Waals surface area (Å²) in [7, 11) is 1.85. The Labute approximate surface area is 112 Å². The zero-order valence-corrected chi connectivity index (χ0v) is 11.6. The highest BCUT2D eigenvalue weighted by molar-refractivity contribution is 5.83. The predicted octanol–water partition coefficient (Wildman–Crippen LogP) is 3.41. The van der Waals surface area contributed by atoms with Crippen molar-refractivity contribution in [2.75, 3.05) is 0 Å². The zero-order chi connectivity index (χ0) is 14.2. The Balaban J connectivity index is 2.74. The lowest BCUT2D eigenvalue weighted by atomic mass is 9.91. The topological polar surface area (TPSA) is 61.8 Å². The van der Waals surface area contributed by atoms with Crippen LogP contribution in [0.2, 0.25) is 0 Å². The SMILES string of the molecule is Cn1c(C(C#N)=C(O)C(C)(C)C)nc2ccccc21. The van der Waals surface area contributed by atoms with Crippen LogP contribution in [0.25, 0.3) is 16.6 Å². The minimum Gasteiger partial charge on any atom is -0.510 e. The molecule has 0 saturated carbocycles. The van der Waals surface area contributed by atoms with E-state index in [1.165, 1.54) is 0 Å². The maximum absolute atomic E-state index is 10.3. The monoisotopic (exact) mass is 255 g/mol. The highest BCUT2D eigenvalue weighted by Gasteiger charge is 2.24. The third kappa shape index (κ3) is 2.19. The standard InChI is InChI=1S/C15H17N3O/c1-15(2,3)13(19)10(9-16)14-17-11-7-5-6-8-12(11)18(14)4/h5-8,19H,1-4H3. The summed E-state index contributed by atoms with van der Waals surface area (Å²) in [5.41, 5.74) is 1.50. The Morgan fingerprint density at radius 1 is 1.32 bits per heavy atom. The average molecular weight is 255 g/mol. The molecule has 2 rings (SSSR count). The van der Waals surface area contributed by atoms with Crippen LogP contribution >= 0.6 is 0 Å². The summed E-state index contributed by atoms with van der Waals surface area (Å²) in [4.78, 5) is 4.44. The minimum atomic E-state index is -0.483. The van der Waals surface area contributed by atoms with Gasteiger partial charge in [0.1, 0.15) is 17.4 Å². The van der Waals surface area contributed by atoms with E-state index in [0.29, 0.717) is 5.82 Å². The van der Waals surface area contributed by atoms with E-state index < -0.39 is 5.41 Å². The van der Waals surface area contributed by atoms with Gasteiger partial charge in [0, 0.05) is 12.5 Å². The van der Waals surface area contributed by atoms with Gasteiger partial charge in [-0.1, -0.05) is 32.9 Å². The number of nitrogens with zero attached hydrogens (tertiary/aromatic N) is 3. The number of allylic oxidation sites excluding steroid dienone is 2. The van der Waals surface area contributed by atoms with Gasteiger partial charge in [-0.15, -0.1) is 0 Å². The number of hydrogen-bond donors (Lipinski definition) is 1. The molecule has 0 fully saturated rings. The largest absolute Gasteiger partial charge is 0.510 e. The van der Waals surface area contributed by atoms with Gasteiger partial charge in [-0.3, -0.25) is 0 Å². The second kappa shape index (κ2) is 4.43. The smallest absolute Gasteiger partial charge is 0.155 e. The molecule has 4 heteroatoms. The van der Waals surface area contributed by atoms with Crippen LogP contribution < -0.4 is 0 Å². The normalized spacial score (nSPS) is 13.2. The first-order valence-corrected chi connectivity index (χ1v) is 6.12. The van der Waals surface area contributed by atoms with Crippen molar-refractivity contribution in [3.63, 3.8) is 0 Å². The van der Waals surface area contributed by atoms with E-state index in [4.69, 9.17) is 0 Å². The quantitative estimate of drug-likeness (QED) is 0.627. The van der Waals surface area contributed by atoms with E-state index >= 15 is 0 Å². The average Bonchev–Trinajstić information content (AvgIpc) is 2.68. The Morgan fingerprint density at radius 2 is 1.95 bits per heavy atom. The summed E-state index contributed by atoms with van der Waals surface area (Å²) in [6, 6.07) is 9.73. The molecule has 98 valence electrons. The molecule has 0 aliphatic heterocycles. The molecule has 0 aliphatic rings. The van der Waals surface area contributed by atoms with E-state index in [2.05, 4.69) is 11.1 Å². The van der Waals surface area contributed by atoms with Crippen molar-refractivity contribution in [2.24, 2.45) is 12.5 Å². The second-order valence-electron chi connectivity index (χ2n) is 5.57. The Morgan fingerprint density at radius 3 is 2.47 bits per heavy atom. The van der Waals surface area contributed by atoms with Gasteiger partial charge in [0.05, 0.1) is 11.0 Å². The van der Waals surface area contributed by atoms with Crippen LogP contribution in [0.15, 0.2) is 30.0 Å². The maximum Gasteiger partial charge on any atom is 0.155 e. The molecule has 0 radical (unpaired) electrons. The number of nitriles is 1. The fraction of sp³-hybridized carbons (Fsp3) is 0.333. The molecular formula is C15H17N3O. The van der Waals surface area contributed by atoms with Crippen molar-refractivity contribution >= 4 is 16.6 Å². The number of fused-ring (bicyclic) bond motifs is 1. The van der Waals surface area contributed by atoms with Gasteiger partial charge in [0.25, 0.3) is 0 Å². The lowest BCUT2D eigenvalue weighted by Crippen LogP contribution is -2.12. The summed E-state index contributed by atoms with van der Waals surface area (Å²) < 4.78 is 1.83. The molecule has 0 spiro atoms. The Bertz CT molecular complexity index is 696. The molecular weight excluding hydrogens is 238 g/mol. The van der Waals surface area contributed by atoms with E-state index in [1.807, 2.05) is 56.7 Å². The van der Waals surface area contributed by atoms with Crippen LogP contribution in [-0.4, -0.2) is 14.7 Å². The van der Waals surface area contributed by atoms with Crippen molar-refractivity contribution in [1.82, 2.24) is 9.55 Å². The van der Waals surface area contributed by atoms with Crippen LogP contribution in [-0.2, 0) is 7.05 Å². The predicted molar refractivity (Wildman–Crippen MR) is 75.3 cm³/mol. The summed E-state index contributed by atoms with van der Waals surface area (Å²) >= 11 is 0. The van der Waals surface area contributed by atoms with Crippen LogP contribution in [0.4, 0.5) is 0 Å². The van der Waals surface area contributed by atoms with Gasteiger partial charge in [-0.2, -0.15) is 5.26 Å². The van der Waals surface area contributed by atoms with Crippen molar-refractivity contribution in [3.8, 4) is 6.07 Å². The van der Waals surface area contributed by atoms with Gasteiger partial charge >= 0.3 is 0 Å². The minimum absolute atomic E-state index is 0.0633. The molecule has 2 aromatic rings. The number of hydrogen-bond acceptors (Lipinski definition) is 3. The Hall–Kier alpha value is -2.28. The van der Waals surface area contributed by atoms with Crippen molar-refractivity contribution in [1.29, 1.82) is 5.26 Å². The van der Waals surface area contributed by atoms with Crippen molar-refractivity contribution in [2.45, 2.75) is 20.8 Å². The summed E-state index contributed by atoms with van der Waals surface area (Å²) in [6.45, 7) is 5.59. The lowest BCUT2D eigenvalue weighted by molar-refractivity contribution is 0.280. The molecule has 0 atom stereocenters. The van der Waals surface area contributed by atoms with E-state index in [9.17, 15) is 10.4 Å². The highest BCUT2D eigenvalue weighted by Crippen LogP contribution is 2.30. The first kappa shape index (κ1) is 13.2. The maximum atomic E-state index is 10.3. The van der Waals surface area contributed by atoms with Gasteiger partial charge in [-0.25, -0.2) is 4.98 Å². The summed E-state index contributed by atoms with van der Waals surface area (Å²) in [5.74, 6) is 0.560. The third-order valence-corrected chi connectivity index (χ3v) is 3.07. The zero-order valence-electron chi connectivity index (χ0n) is 11.6. The fourth-order valence-electron chi connectivity index (χ4n) is 1.95. The van der Waals surface area contributed by atoms with E-state index in [0.717, 1.165) is 11.0 Å². The number of aliphatic hydroxyl groups is 1. The molecule has 0 aliphatic carbocycles. The number of aliphatic hydroxyl groups excluding tert-OH is 1. The van der Waals surface area contributed by atoms with Crippen molar-refractivity contribution in [3.05, 3.63) is 35.8 Å². The van der Waals surface area contributed by atoms with Gasteiger partial charge in [-0.05, 0) is 12.1 Å². The fourth-order valence-corrected chi connectivity index (χ4v) is 1.95. The molecule has 1 N–H and O–H groups in total. The van der Waals surface area contributed by atoms with Crippen LogP contribution in [0.1, 0.15) is 26.6 Å². The number of imidazole rings is 1. The summed E-state index contributed by atoms with van der Waals surface area (Å²) in [6.07, 6.45) is 0.